The van der Waals surface area contributed by atoms with Crippen LogP contribution in [0.25, 0.3) is 44.2 Å². The molecular weight excluding hydrogens is 755 g/mol. The van der Waals surface area contributed by atoms with E-state index >= 15 is 0 Å². The number of benzene rings is 9. The van der Waals surface area contributed by atoms with E-state index in [1.54, 1.807) is 0 Å². The zero-order valence-corrected chi connectivity index (χ0v) is 34.3. The summed E-state index contributed by atoms with van der Waals surface area (Å²) in [7, 11) is 0. The number of anilines is 3. The number of rotatable bonds is 7. The summed E-state index contributed by atoms with van der Waals surface area (Å²) in [6.07, 6.45) is 9.16. The van der Waals surface area contributed by atoms with Crippen LogP contribution in [0.3, 0.4) is 0 Å². The number of para-hydroxylation sites is 1. The van der Waals surface area contributed by atoms with Crippen molar-refractivity contribution >= 4 is 39.6 Å². The van der Waals surface area contributed by atoms with Crippen molar-refractivity contribution in [1.82, 2.24) is 0 Å². The van der Waals surface area contributed by atoms with Gasteiger partial charge < -0.3 is 4.90 Å². The third-order valence-corrected chi connectivity index (χ3v) is 14.5. The fourth-order valence-electron chi connectivity index (χ4n) is 10.5. The Morgan fingerprint density at radius 3 is 1.89 bits per heavy atom. The van der Waals surface area contributed by atoms with Crippen molar-refractivity contribution in [3.05, 3.63) is 264 Å². The van der Waals surface area contributed by atoms with E-state index in [2.05, 4.69) is 242 Å². The van der Waals surface area contributed by atoms with Crippen LogP contribution in [0.15, 0.2) is 242 Å². The Bertz CT molecular complexity index is 3140. The molecule has 0 bridgehead atoms. The van der Waals surface area contributed by atoms with E-state index in [1.165, 1.54) is 76.9 Å². The molecule has 0 saturated heterocycles. The topological polar surface area (TPSA) is 3.24 Å². The molecule has 61 heavy (non-hydrogen) atoms. The van der Waals surface area contributed by atoms with E-state index in [4.69, 9.17) is 0 Å². The van der Waals surface area contributed by atoms with E-state index < -0.39 is 5.41 Å². The quantitative estimate of drug-likeness (QED) is 0.158. The summed E-state index contributed by atoms with van der Waals surface area (Å²) in [4.78, 5) is 3.93. The van der Waals surface area contributed by atoms with Crippen LogP contribution in [0.5, 0.6) is 0 Å². The Kier molecular flexibility index (Phi) is 8.54. The number of thioether (sulfide) groups is 1. The number of nitrogens with zero attached hydrogens (tertiary/aromatic N) is 1. The lowest BCUT2D eigenvalue weighted by molar-refractivity contribution is 0.768. The van der Waals surface area contributed by atoms with Gasteiger partial charge in [0, 0.05) is 32.9 Å². The van der Waals surface area contributed by atoms with Crippen molar-refractivity contribution in [1.29, 1.82) is 0 Å². The largest absolute Gasteiger partial charge is 0.309 e. The van der Waals surface area contributed by atoms with Crippen molar-refractivity contribution in [2.75, 3.05) is 4.90 Å². The Morgan fingerprint density at radius 2 is 1.08 bits per heavy atom. The minimum absolute atomic E-state index is 0.376. The van der Waals surface area contributed by atoms with Gasteiger partial charge in [0.25, 0.3) is 0 Å². The maximum atomic E-state index is 2.56. The summed E-state index contributed by atoms with van der Waals surface area (Å²) in [5.74, 6) is 0.376. The third-order valence-electron chi connectivity index (χ3n) is 13.1. The van der Waals surface area contributed by atoms with Crippen molar-refractivity contribution in [3.63, 3.8) is 0 Å². The summed E-state index contributed by atoms with van der Waals surface area (Å²) in [5.41, 5.74) is 16.8. The summed E-state index contributed by atoms with van der Waals surface area (Å²) < 4.78 is 0. The van der Waals surface area contributed by atoms with Crippen molar-refractivity contribution in [2.24, 2.45) is 0 Å². The van der Waals surface area contributed by atoms with Crippen LogP contribution in [0.4, 0.5) is 17.1 Å². The zero-order chi connectivity index (χ0) is 40.3. The molecule has 0 fully saturated rings. The lowest BCUT2D eigenvalue weighted by atomic mass is 9.67. The summed E-state index contributed by atoms with van der Waals surface area (Å²) in [6.45, 7) is 0. The van der Waals surface area contributed by atoms with E-state index in [-0.39, 0.29) is 0 Å². The molecule has 2 heteroatoms. The first-order chi connectivity index (χ1) is 30.3. The van der Waals surface area contributed by atoms with Gasteiger partial charge in [-0.1, -0.05) is 212 Å². The highest BCUT2D eigenvalue weighted by Gasteiger charge is 2.46. The predicted molar refractivity (Wildman–Crippen MR) is 257 cm³/mol. The molecule has 2 atom stereocenters. The minimum atomic E-state index is -0.532. The number of hydrogen-bond acceptors (Lipinski definition) is 2. The van der Waals surface area contributed by atoms with Gasteiger partial charge in [-0.05, 0) is 85.1 Å². The number of hydrogen-bond donors (Lipinski definition) is 0. The first-order valence-electron chi connectivity index (χ1n) is 21.3. The van der Waals surface area contributed by atoms with E-state index in [1.807, 2.05) is 11.8 Å². The van der Waals surface area contributed by atoms with Gasteiger partial charge in [-0.15, -0.1) is 11.8 Å². The number of fused-ring (bicyclic) bond motifs is 7. The molecule has 0 N–H and O–H groups in total. The molecule has 3 aliphatic rings. The molecule has 1 heterocycles. The minimum Gasteiger partial charge on any atom is -0.309 e. The predicted octanol–water partition coefficient (Wildman–Crippen LogP) is 15.7. The highest BCUT2D eigenvalue weighted by atomic mass is 32.2. The lowest BCUT2D eigenvalue weighted by Crippen LogP contribution is -2.28. The van der Waals surface area contributed by atoms with Gasteiger partial charge in [-0.25, -0.2) is 0 Å². The molecule has 1 nitrogen and oxygen atoms in total. The van der Waals surface area contributed by atoms with Crippen LogP contribution in [0.1, 0.15) is 33.7 Å². The molecule has 0 aromatic heterocycles. The van der Waals surface area contributed by atoms with E-state index in [0.717, 1.165) is 17.1 Å². The monoisotopic (exact) mass is 795 g/mol. The Balaban J connectivity index is 1.17. The molecule has 0 saturated carbocycles. The molecular formula is C59H41NS. The van der Waals surface area contributed by atoms with Crippen LogP contribution in [0.2, 0.25) is 0 Å². The summed E-state index contributed by atoms with van der Waals surface area (Å²) in [6, 6.07) is 79.0. The van der Waals surface area contributed by atoms with Crippen molar-refractivity contribution in [2.45, 2.75) is 21.5 Å². The molecule has 288 valence electrons. The van der Waals surface area contributed by atoms with Gasteiger partial charge in [-0.2, -0.15) is 0 Å². The first-order valence-corrected chi connectivity index (χ1v) is 22.1. The molecule has 2 unspecified atom stereocenters. The van der Waals surface area contributed by atoms with Gasteiger partial charge in [0.05, 0.1) is 16.8 Å². The normalized spacial score (nSPS) is 16.5. The molecule has 0 amide bonds. The average molecular weight is 796 g/mol. The molecule has 0 spiro atoms. The van der Waals surface area contributed by atoms with Gasteiger partial charge in [0.2, 0.25) is 0 Å². The van der Waals surface area contributed by atoms with Crippen LogP contribution < -0.4 is 4.90 Å². The van der Waals surface area contributed by atoms with Crippen LogP contribution in [0, 0.1) is 0 Å². The second-order valence-corrected chi connectivity index (χ2v) is 17.4. The van der Waals surface area contributed by atoms with Crippen molar-refractivity contribution < 1.29 is 0 Å². The maximum Gasteiger partial charge on any atom is 0.0714 e. The van der Waals surface area contributed by atoms with Crippen molar-refractivity contribution in [3.8, 4) is 33.4 Å². The first kappa shape index (κ1) is 35.8. The molecule has 9 aromatic rings. The molecule has 9 aromatic carbocycles. The highest BCUT2D eigenvalue weighted by molar-refractivity contribution is 8.00. The Hall–Kier alpha value is -7.13. The zero-order valence-electron chi connectivity index (χ0n) is 33.5. The Labute approximate surface area is 362 Å². The molecule has 2 aliphatic carbocycles. The van der Waals surface area contributed by atoms with Crippen LogP contribution >= 0.6 is 11.8 Å². The summed E-state index contributed by atoms with van der Waals surface area (Å²) in [5, 5.41) is 2.84. The van der Waals surface area contributed by atoms with E-state index in [9.17, 15) is 0 Å². The molecule has 0 radical (unpaired) electrons. The fourth-order valence-corrected chi connectivity index (χ4v) is 12.0. The maximum absolute atomic E-state index is 2.56. The van der Waals surface area contributed by atoms with Gasteiger partial charge >= 0.3 is 0 Å². The van der Waals surface area contributed by atoms with Gasteiger partial charge in [0.1, 0.15) is 0 Å². The standard InChI is InChI=1S/C59H41NS/c1-4-20-41(21-5-1)57-45-26-11-10-19-40(45)35-38-55(57)60(54-33-16-13-28-48(54)50-30-18-31-51-49-29-14-17-34-56(49)61-58(50)51)44-36-37-47-46-27-12-15-32-52(46)59(53(47)39-44,42-22-6-2-7-23-42)43-24-8-3-9-25-43/h1-39,49,56H. The number of allylic oxidation sites excluding steroid dienone is 3. The molecule has 12 rings (SSSR count). The van der Waals surface area contributed by atoms with Gasteiger partial charge in [-0.3, -0.25) is 0 Å². The van der Waals surface area contributed by atoms with E-state index in [0.29, 0.717) is 11.2 Å². The Morgan fingerprint density at radius 1 is 0.443 bits per heavy atom. The highest BCUT2D eigenvalue weighted by Crippen LogP contribution is 2.59. The van der Waals surface area contributed by atoms with Crippen LogP contribution in [-0.4, -0.2) is 5.25 Å². The second-order valence-electron chi connectivity index (χ2n) is 16.3. The SMILES string of the molecule is C1=CC2Sc3c(-c4ccccc4N(c4ccc5c(c4)C(c4ccccc4)(c4ccccc4)c4ccccc4-5)c4ccc5ccccc5c4-c4ccccc4)cccc3C2C=C1. The fraction of sp³-hybridized carbons (Fsp3) is 0.0508. The van der Waals surface area contributed by atoms with Crippen LogP contribution in [-0.2, 0) is 5.41 Å². The average Bonchev–Trinajstić information content (AvgIpc) is 3.86. The smallest absolute Gasteiger partial charge is 0.0714 e. The van der Waals surface area contributed by atoms with Gasteiger partial charge in [0.15, 0.2) is 0 Å². The molecule has 1 aliphatic heterocycles. The lowest BCUT2D eigenvalue weighted by Gasteiger charge is -2.35. The second kappa shape index (κ2) is 14.6. The summed E-state index contributed by atoms with van der Waals surface area (Å²) >= 11 is 2.00. The third kappa shape index (κ3) is 5.56.